The molecule has 0 saturated heterocycles. The molecule has 0 heterocycles. The lowest BCUT2D eigenvalue weighted by atomic mass is 10.2. The number of hydrogen-bond acceptors (Lipinski definition) is 2. The van der Waals surface area contributed by atoms with E-state index in [4.69, 9.17) is 5.73 Å². The number of anilines is 1. The Bertz CT molecular complexity index is 419. The summed E-state index contributed by atoms with van der Waals surface area (Å²) in [6.07, 6.45) is 0.357. The fourth-order valence-corrected chi connectivity index (χ4v) is 1.44. The van der Waals surface area contributed by atoms with Crippen molar-refractivity contribution in [3.63, 3.8) is 0 Å². The molecular formula is C11H13F5N2. The van der Waals surface area contributed by atoms with Crippen LogP contribution in [0.15, 0.2) is 0 Å². The molecule has 0 radical (unpaired) electrons. The highest BCUT2D eigenvalue weighted by Gasteiger charge is 2.27. The lowest BCUT2D eigenvalue weighted by Gasteiger charge is -2.22. The quantitative estimate of drug-likeness (QED) is 0.516. The molecular weight excluding hydrogens is 255 g/mol. The van der Waals surface area contributed by atoms with Gasteiger partial charge in [0.1, 0.15) is 5.69 Å². The highest BCUT2D eigenvalue weighted by atomic mass is 19.2. The molecule has 0 aromatic heterocycles. The van der Waals surface area contributed by atoms with E-state index in [0.29, 0.717) is 6.42 Å². The van der Waals surface area contributed by atoms with Gasteiger partial charge in [-0.25, -0.2) is 22.0 Å². The zero-order chi connectivity index (χ0) is 14.0. The molecule has 0 aliphatic rings. The minimum atomic E-state index is -2.16. The Labute approximate surface area is 101 Å². The second-order valence-electron chi connectivity index (χ2n) is 4.11. The molecule has 0 aliphatic carbocycles. The number of halogens is 5. The molecule has 7 heteroatoms. The molecule has 0 amide bonds. The lowest BCUT2D eigenvalue weighted by molar-refractivity contribution is 0.378. The van der Waals surface area contributed by atoms with E-state index in [9.17, 15) is 22.0 Å². The lowest BCUT2D eigenvalue weighted by Crippen LogP contribution is -2.28. The molecule has 1 atom stereocenters. The Balaban J connectivity index is 3.16. The van der Waals surface area contributed by atoms with Crippen molar-refractivity contribution in [3.8, 4) is 0 Å². The zero-order valence-corrected chi connectivity index (χ0v) is 9.91. The van der Waals surface area contributed by atoms with Gasteiger partial charge >= 0.3 is 0 Å². The summed E-state index contributed by atoms with van der Waals surface area (Å²) < 4.78 is 65.5. The standard InChI is InChI=1S/C11H13F5N2/c1-5(17)3-4-18(2)11-9(15)7(13)6(12)8(14)10(11)16/h5H,3-4,17H2,1-2H3. The van der Waals surface area contributed by atoms with Gasteiger partial charge in [-0.3, -0.25) is 0 Å². The maximum absolute atomic E-state index is 13.4. The van der Waals surface area contributed by atoms with Crippen molar-refractivity contribution < 1.29 is 22.0 Å². The van der Waals surface area contributed by atoms with Gasteiger partial charge in [-0.15, -0.1) is 0 Å². The SMILES string of the molecule is CC(N)CCN(C)c1c(F)c(F)c(F)c(F)c1F. The van der Waals surface area contributed by atoms with Crippen LogP contribution in [0.25, 0.3) is 0 Å². The minimum absolute atomic E-state index is 0.0794. The van der Waals surface area contributed by atoms with E-state index in [1.54, 1.807) is 6.92 Å². The topological polar surface area (TPSA) is 29.3 Å². The normalized spacial score (nSPS) is 12.7. The zero-order valence-electron chi connectivity index (χ0n) is 9.91. The first-order valence-corrected chi connectivity index (χ1v) is 5.25. The molecule has 0 fully saturated rings. The largest absolute Gasteiger partial charge is 0.370 e. The summed E-state index contributed by atoms with van der Waals surface area (Å²) in [5.74, 6) is -9.72. The van der Waals surface area contributed by atoms with Gasteiger partial charge in [0.05, 0.1) is 0 Å². The fourth-order valence-electron chi connectivity index (χ4n) is 1.44. The minimum Gasteiger partial charge on any atom is -0.370 e. The van der Waals surface area contributed by atoms with Crippen molar-refractivity contribution in [2.75, 3.05) is 18.5 Å². The first kappa shape index (κ1) is 14.7. The van der Waals surface area contributed by atoms with Gasteiger partial charge < -0.3 is 10.6 Å². The molecule has 0 aliphatic heterocycles. The number of hydrogen-bond donors (Lipinski definition) is 1. The van der Waals surface area contributed by atoms with Gasteiger partial charge in [-0.1, -0.05) is 0 Å². The van der Waals surface area contributed by atoms with E-state index < -0.39 is 34.8 Å². The number of rotatable bonds is 4. The molecule has 18 heavy (non-hydrogen) atoms. The Morgan fingerprint density at radius 3 is 1.72 bits per heavy atom. The summed E-state index contributed by atoms with van der Waals surface area (Å²) in [7, 11) is 1.24. The molecule has 1 rings (SSSR count). The van der Waals surface area contributed by atoms with E-state index >= 15 is 0 Å². The number of nitrogens with two attached hydrogens (primary N) is 1. The fraction of sp³-hybridized carbons (Fsp3) is 0.455. The van der Waals surface area contributed by atoms with E-state index in [0.717, 1.165) is 4.90 Å². The third kappa shape index (κ3) is 2.72. The van der Waals surface area contributed by atoms with Crippen LogP contribution in [0.3, 0.4) is 0 Å². The second kappa shape index (κ2) is 5.51. The smallest absolute Gasteiger partial charge is 0.200 e. The molecule has 1 aromatic carbocycles. The van der Waals surface area contributed by atoms with E-state index in [2.05, 4.69) is 0 Å². The predicted molar refractivity (Wildman–Crippen MR) is 57.8 cm³/mol. The Morgan fingerprint density at radius 2 is 1.33 bits per heavy atom. The van der Waals surface area contributed by atoms with Crippen LogP contribution >= 0.6 is 0 Å². The average molecular weight is 268 g/mol. The molecule has 2 N–H and O–H groups in total. The summed E-state index contributed by atoms with van der Waals surface area (Å²) >= 11 is 0. The van der Waals surface area contributed by atoms with E-state index in [-0.39, 0.29) is 12.6 Å². The van der Waals surface area contributed by atoms with Gasteiger partial charge in [0, 0.05) is 19.6 Å². The summed E-state index contributed by atoms with van der Waals surface area (Å²) in [4.78, 5) is 0.958. The van der Waals surface area contributed by atoms with Crippen LogP contribution in [0.4, 0.5) is 27.6 Å². The van der Waals surface area contributed by atoms with Crippen LogP contribution in [0.2, 0.25) is 0 Å². The van der Waals surface area contributed by atoms with Gasteiger partial charge in [0.2, 0.25) is 5.82 Å². The molecule has 102 valence electrons. The summed E-state index contributed by atoms with van der Waals surface area (Å²) in [5.41, 5.74) is 4.52. The Hall–Kier alpha value is -1.37. The molecule has 2 nitrogen and oxygen atoms in total. The highest BCUT2D eigenvalue weighted by molar-refractivity contribution is 5.49. The second-order valence-corrected chi connectivity index (χ2v) is 4.11. The maximum Gasteiger partial charge on any atom is 0.200 e. The summed E-state index contributed by atoms with van der Waals surface area (Å²) in [6.45, 7) is 1.75. The summed E-state index contributed by atoms with van der Waals surface area (Å²) in [6, 6.07) is -0.242. The first-order chi connectivity index (χ1) is 8.27. The first-order valence-electron chi connectivity index (χ1n) is 5.25. The molecule has 0 bridgehead atoms. The summed E-state index contributed by atoms with van der Waals surface area (Å²) in [5, 5.41) is 0. The van der Waals surface area contributed by atoms with Crippen LogP contribution in [0.5, 0.6) is 0 Å². The van der Waals surface area contributed by atoms with Crippen molar-refractivity contribution >= 4 is 5.69 Å². The van der Waals surface area contributed by atoms with Gasteiger partial charge in [0.15, 0.2) is 23.3 Å². The van der Waals surface area contributed by atoms with Crippen LogP contribution in [0.1, 0.15) is 13.3 Å². The van der Waals surface area contributed by atoms with E-state index in [1.165, 1.54) is 7.05 Å². The molecule has 1 unspecified atom stereocenters. The van der Waals surface area contributed by atoms with Crippen LogP contribution in [-0.4, -0.2) is 19.6 Å². The average Bonchev–Trinajstić information content (AvgIpc) is 2.31. The molecule has 0 spiro atoms. The Morgan fingerprint density at radius 1 is 0.944 bits per heavy atom. The Kier molecular flexibility index (Phi) is 4.50. The van der Waals surface area contributed by atoms with E-state index in [1.807, 2.05) is 0 Å². The highest BCUT2D eigenvalue weighted by Crippen LogP contribution is 2.29. The maximum atomic E-state index is 13.4. The van der Waals surface area contributed by atoms with Gasteiger partial charge in [0.25, 0.3) is 0 Å². The number of benzene rings is 1. The number of nitrogens with zero attached hydrogens (tertiary/aromatic N) is 1. The van der Waals surface area contributed by atoms with Crippen molar-refractivity contribution in [1.82, 2.24) is 0 Å². The van der Waals surface area contributed by atoms with Crippen molar-refractivity contribution in [3.05, 3.63) is 29.1 Å². The van der Waals surface area contributed by atoms with Crippen LogP contribution in [-0.2, 0) is 0 Å². The van der Waals surface area contributed by atoms with Crippen molar-refractivity contribution in [1.29, 1.82) is 0 Å². The monoisotopic (exact) mass is 268 g/mol. The van der Waals surface area contributed by atoms with Crippen LogP contribution < -0.4 is 10.6 Å². The third-order valence-electron chi connectivity index (χ3n) is 2.49. The molecule has 1 aromatic rings. The van der Waals surface area contributed by atoms with Gasteiger partial charge in [-0.05, 0) is 13.3 Å². The van der Waals surface area contributed by atoms with Crippen molar-refractivity contribution in [2.45, 2.75) is 19.4 Å². The van der Waals surface area contributed by atoms with Crippen molar-refractivity contribution in [2.24, 2.45) is 5.73 Å². The molecule has 0 saturated carbocycles. The predicted octanol–water partition coefficient (Wildman–Crippen LogP) is 2.56. The third-order valence-corrected chi connectivity index (χ3v) is 2.49. The van der Waals surface area contributed by atoms with Crippen LogP contribution in [0, 0.1) is 29.1 Å². The van der Waals surface area contributed by atoms with Gasteiger partial charge in [-0.2, -0.15) is 0 Å².